The number of fused-ring (bicyclic) bond motifs is 1. The fourth-order valence-corrected chi connectivity index (χ4v) is 4.40. The van der Waals surface area contributed by atoms with E-state index in [1.54, 1.807) is 6.92 Å². The van der Waals surface area contributed by atoms with Gasteiger partial charge in [0.05, 0.1) is 5.69 Å². The van der Waals surface area contributed by atoms with E-state index in [-0.39, 0.29) is 17.7 Å². The number of nitrogens with zero attached hydrogens (tertiary/aromatic N) is 4. The Bertz CT molecular complexity index is 684. The molecule has 1 atom stereocenters. The smallest absolute Gasteiger partial charge is 0.225 e. The number of hydrogen-bond acceptors (Lipinski definition) is 4. The second kappa shape index (κ2) is 6.73. The van der Waals surface area contributed by atoms with Crippen LogP contribution in [0.1, 0.15) is 62.0 Å². The van der Waals surface area contributed by atoms with Crippen molar-refractivity contribution in [3.8, 4) is 0 Å². The van der Waals surface area contributed by atoms with Gasteiger partial charge in [-0.15, -0.1) is 0 Å². The number of hydrogen-bond donors (Lipinski definition) is 0. The highest BCUT2D eigenvalue weighted by molar-refractivity contribution is 5.79. The van der Waals surface area contributed by atoms with Crippen molar-refractivity contribution in [1.29, 1.82) is 0 Å². The lowest BCUT2D eigenvalue weighted by atomic mass is 10.0. The summed E-state index contributed by atoms with van der Waals surface area (Å²) in [5.41, 5.74) is 2.13. The third kappa shape index (κ3) is 3.26. The second-order valence-electron chi connectivity index (χ2n) is 7.64. The van der Waals surface area contributed by atoms with Gasteiger partial charge in [0.2, 0.25) is 11.8 Å². The molecule has 1 saturated heterocycles. The van der Waals surface area contributed by atoms with Gasteiger partial charge in [0.15, 0.2) is 0 Å². The van der Waals surface area contributed by atoms with Gasteiger partial charge in [-0.25, -0.2) is 9.97 Å². The van der Waals surface area contributed by atoms with Crippen LogP contribution in [0.25, 0.3) is 0 Å². The molecule has 25 heavy (non-hydrogen) atoms. The van der Waals surface area contributed by atoms with Crippen LogP contribution in [0.4, 0.5) is 0 Å². The summed E-state index contributed by atoms with van der Waals surface area (Å²) in [7, 11) is 0. The average Bonchev–Trinajstić information content (AvgIpc) is 3.32. The fraction of sp³-hybridized carbons (Fsp3) is 0.684. The summed E-state index contributed by atoms with van der Waals surface area (Å²) in [6, 6.07) is 0. The lowest BCUT2D eigenvalue weighted by Gasteiger charge is -2.27. The Morgan fingerprint density at radius 2 is 1.92 bits per heavy atom. The predicted octanol–water partition coefficient (Wildman–Crippen LogP) is 1.89. The Kier molecular flexibility index (Phi) is 4.44. The molecule has 6 nitrogen and oxygen atoms in total. The third-order valence-corrected chi connectivity index (χ3v) is 5.97. The zero-order valence-electron chi connectivity index (χ0n) is 14.9. The predicted molar refractivity (Wildman–Crippen MR) is 92.7 cm³/mol. The summed E-state index contributed by atoms with van der Waals surface area (Å²) in [6.45, 7) is 4.54. The normalized spacial score (nSPS) is 23.8. The zero-order chi connectivity index (χ0) is 17.4. The molecule has 1 aromatic rings. The summed E-state index contributed by atoms with van der Waals surface area (Å²) in [6.07, 6.45) is 8.13. The fourth-order valence-electron chi connectivity index (χ4n) is 4.40. The molecule has 2 fully saturated rings. The summed E-state index contributed by atoms with van der Waals surface area (Å²) in [5.74, 6) is 1.82. The van der Waals surface area contributed by atoms with E-state index in [0.717, 1.165) is 62.4 Å². The lowest BCUT2D eigenvalue weighted by Crippen LogP contribution is -2.35. The van der Waals surface area contributed by atoms with E-state index in [1.165, 1.54) is 12.8 Å². The molecule has 1 aliphatic carbocycles. The van der Waals surface area contributed by atoms with E-state index < -0.39 is 0 Å². The van der Waals surface area contributed by atoms with E-state index >= 15 is 0 Å². The van der Waals surface area contributed by atoms with E-state index in [9.17, 15) is 9.59 Å². The molecule has 134 valence electrons. The number of carbonyl (C=O) groups is 2. The van der Waals surface area contributed by atoms with Crippen molar-refractivity contribution in [2.45, 2.75) is 57.9 Å². The third-order valence-electron chi connectivity index (χ3n) is 5.97. The van der Waals surface area contributed by atoms with Crippen LogP contribution >= 0.6 is 0 Å². The molecule has 0 radical (unpaired) electrons. The van der Waals surface area contributed by atoms with Crippen molar-refractivity contribution >= 4 is 11.8 Å². The number of likely N-dealkylation sites (tertiary alicyclic amines) is 1. The van der Waals surface area contributed by atoms with E-state index in [2.05, 4.69) is 4.98 Å². The van der Waals surface area contributed by atoms with Crippen LogP contribution in [0, 0.1) is 5.92 Å². The van der Waals surface area contributed by atoms with Crippen LogP contribution in [0.5, 0.6) is 0 Å². The van der Waals surface area contributed by atoms with Crippen LogP contribution < -0.4 is 0 Å². The molecule has 0 N–H and O–H groups in total. The van der Waals surface area contributed by atoms with Crippen LogP contribution in [0.15, 0.2) is 6.20 Å². The second-order valence-corrected chi connectivity index (χ2v) is 7.64. The van der Waals surface area contributed by atoms with Crippen molar-refractivity contribution in [1.82, 2.24) is 19.8 Å². The Hall–Kier alpha value is -1.98. The number of carbonyl (C=O) groups excluding carboxylic acids is 2. The molecule has 1 saturated carbocycles. The molecule has 2 aliphatic heterocycles. The molecule has 1 aromatic heterocycles. The van der Waals surface area contributed by atoms with Gasteiger partial charge in [-0.2, -0.15) is 0 Å². The first-order valence-corrected chi connectivity index (χ1v) is 9.51. The molecule has 6 heteroatoms. The van der Waals surface area contributed by atoms with Crippen molar-refractivity contribution in [3.63, 3.8) is 0 Å². The first-order chi connectivity index (χ1) is 12.1. The monoisotopic (exact) mass is 342 g/mol. The topological polar surface area (TPSA) is 66.4 Å². The highest BCUT2D eigenvalue weighted by Crippen LogP contribution is 2.31. The van der Waals surface area contributed by atoms with Crippen molar-refractivity contribution in [2.24, 2.45) is 5.92 Å². The molecular weight excluding hydrogens is 316 g/mol. The van der Waals surface area contributed by atoms with Gasteiger partial charge in [-0.3, -0.25) is 9.59 Å². The molecule has 0 spiro atoms. The highest BCUT2D eigenvalue weighted by Gasteiger charge is 2.34. The van der Waals surface area contributed by atoms with Gasteiger partial charge in [-0.05, 0) is 19.3 Å². The lowest BCUT2D eigenvalue weighted by molar-refractivity contribution is -0.134. The largest absolute Gasteiger partial charge is 0.342 e. The maximum absolute atomic E-state index is 12.6. The molecule has 0 unspecified atom stereocenters. The number of amides is 2. The van der Waals surface area contributed by atoms with Gasteiger partial charge >= 0.3 is 0 Å². The molecule has 0 aromatic carbocycles. The first kappa shape index (κ1) is 16.5. The Morgan fingerprint density at radius 1 is 1.12 bits per heavy atom. The zero-order valence-corrected chi connectivity index (χ0v) is 14.9. The van der Waals surface area contributed by atoms with Crippen LogP contribution in [0.3, 0.4) is 0 Å². The standard InChI is InChI=1S/C19H26N4O2/c1-13(24)22-9-7-17-16(12-22)10-20-18(21-17)15-6-8-23(11-15)19(25)14-4-2-3-5-14/h10,14-15H,2-9,11-12H2,1H3/t15-/m1/s1. The number of rotatable bonds is 2. The van der Waals surface area contributed by atoms with Crippen LogP contribution in [0.2, 0.25) is 0 Å². The Morgan fingerprint density at radius 3 is 2.68 bits per heavy atom. The van der Waals surface area contributed by atoms with E-state index in [4.69, 9.17) is 4.98 Å². The summed E-state index contributed by atoms with van der Waals surface area (Å²) in [4.78, 5) is 37.4. The van der Waals surface area contributed by atoms with Crippen molar-refractivity contribution < 1.29 is 9.59 Å². The van der Waals surface area contributed by atoms with Crippen LogP contribution in [-0.2, 0) is 22.6 Å². The molecular formula is C19H26N4O2. The van der Waals surface area contributed by atoms with E-state index in [0.29, 0.717) is 12.5 Å². The van der Waals surface area contributed by atoms with Gasteiger partial charge in [0.25, 0.3) is 0 Å². The Balaban J connectivity index is 1.43. The van der Waals surface area contributed by atoms with E-state index in [1.807, 2.05) is 16.0 Å². The molecule has 3 heterocycles. The minimum atomic E-state index is 0.103. The quantitative estimate of drug-likeness (QED) is 0.823. The number of aromatic nitrogens is 2. The SMILES string of the molecule is CC(=O)N1CCc2nc([C@@H]3CCN(C(=O)C4CCCC4)C3)ncc2C1. The first-order valence-electron chi connectivity index (χ1n) is 9.51. The van der Waals surface area contributed by atoms with Gasteiger partial charge < -0.3 is 9.80 Å². The van der Waals surface area contributed by atoms with Crippen LogP contribution in [-0.4, -0.2) is 51.2 Å². The summed E-state index contributed by atoms with van der Waals surface area (Å²) >= 11 is 0. The average molecular weight is 342 g/mol. The molecule has 3 aliphatic rings. The molecule has 0 bridgehead atoms. The van der Waals surface area contributed by atoms with Gasteiger partial charge in [-0.1, -0.05) is 12.8 Å². The minimum absolute atomic E-state index is 0.103. The molecule has 2 amide bonds. The minimum Gasteiger partial charge on any atom is -0.342 e. The van der Waals surface area contributed by atoms with Gasteiger partial charge in [0, 0.05) is 63.1 Å². The maximum atomic E-state index is 12.6. The van der Waals surface area contributed by atoms with Crippen molar-refractivity contribution in [3.05, 3.63) is 23.3 Å². The Labute approximate surface area is 148 Å². The van der Waals surface area contributed by atoms with Gasteiger partial charge in [0.1, 0.15) is 5.82 Å². The maximum Gasteiger partial charge on any atom is 0.225 e. The highest BCUT2D eigenvalue weighted by atomic mass is 16.2. The molecule has 4 rings (SSSR count). The summed E-state index contributed by atoms with van der Waals surface area (Å²) < 4.78 is 0. The summed E-state index contributed by atoms with van der Waals surface area (Å²) in [5, 5.41) is 0. The van der Waals surface area contributed by atoms with Crippen molar-refractivity contribution in [2.75, 3.05) is 19.6 Å².